The first-order valence-electron chi connectivity index (χ1n) is 3.15. The molecule has 0 aliphatic rings. The summed E-state index contributed by atoms with van der Waals surface area (Å²) >= 11 is 11.1. The summed E-state index contributed by atoms with van der Waals surface area (Å²) in [6.07, 6.45) is 0. The van der Waals surface area contributed by atoms with Crippen molar-refractivity contribution in [2.45, 2.75) is 11.8 Å². The van der Waals surface area contributed by atoms with Crippen LogP contribution < -0.4 is 0 Å². The molecule has 0 radical (unpaired) electrons. The van der Waals surface area contributed by atoms with Gasteiger partial charge in [-0.1, -0.05) is 0 Å². The Kier molecular flexibility index (Phi) is 3.66. The third-order valence-corrected chi connectivity index (χ3v) is 4.73. The van der Waals surface area contributed by atoms with E-state index in [1.165, 1.54) is 0 Å². The van der Waals surface area contributed by atoms with Gasteiger partial charge in [-0.3, -0.25) is 0 Å². The van der Waals surface area contributed by atoms with Gasteiger partial charge in [-0.2, -0.15) is 0 Å². The van der Waals surface area contributed by atoms with Gasteiger partial charge >= 0.3 is 85.8 Å². The van der Waals surface area contributed by atoms with E-state index in [0.717, 1.165) is 10.0 Å². The van der Waals surface area contributed by atoms with Crippen molar-refractivity contribution in [1.82, 2.24) is 0 Å². The summed E-state index contributed by atoms with van der Waals surface area (Å²) in [5, 5.41) is 8.67. The van der Waals surface area contributed by atoms with Crippen molar-refractivity contribution < 1.29 is 9.90 Å². The molecule has 0 saturated carbocycles. The zero-order chi connectivity index (χ0) is 9.14. The Balaban J connectivity index is 3.05. The van der Waals surface area contributed by atoms with Crippen LogP contribution in [-0.2, 0) is 11.8 Å². The van der Waals surface area contributed by atoms with Crippen LogP contribution in [0.25, 0.3) is 0 Å². The van der Waals surface area contributed by atoms with Gasteiger partial charge in [0.25, 0.3) is 0 Å². The number of rotatable bonds is 3. The summed E-state index contributed by atoms with van der Waals surface area (Å²) in [6.45, 7) is 0. The number of hydrogen-bond donors (Lipinski definition) is 1. The number of carboxylic acids is 1. The Bertz CT molecular complexity index is 274. The molecule has 2 nitrogen and oxygen atoms in total. The first-order valence-corrected chi connectivity index (χ1v) is 5.94. The molecule has 1 heterocycles. The zero-order valence-electron chi connectivity index (χ0n) is 6.01. The van der Waals surface area contributed by atoms with Crippen LogP contribution in [0, 0.1) is 0 Å². The van der Waals surface area contributed by atoms with Crippen LogP contribution in [0.5, 0.6) is 0 Å². The molecule has 0 aliphatic heterocycles. The Morgan fingerprint density at radius 1 is 1.50 bits per heavy atom. The topological polar surface area (TPSA) is 37.3 Å². The normalized spacial score (nSPS) is 10.2. The van der Waals surface area contributed by atoms with Crippen molar-refractivity contribution in [3.63, 3.8) is 0 Å². The first kappa shape index (κ1) is 10.1. The molecule has 0 fully saturated rings. The Hall–Kier alpha value is 0.0495. The van der Waals surface area contributed by atoms with Gasteiger partial charge in [0.2, 0.25) is 0 Å². The molecule has 0 amide bonds. The van der Waals surface area contributed by atoms with Gasteiger partial charge < -0.3 is 0 Å². The molecule has 0 spiro atoms. The minimum atomic E-state index is -0.863. The monoisotopic (exact) mass is 272 g/mol. The zero-order valence-corrected chi connectivity index (χ0v) is 9.24. The fourth-order valence-electron chi connectivity index (χ4n) is 0.798. The third kappa shape index (κ3) is 2.05. The SMILES string of the molecule is O=C(O)c1cc(CCl)c(CCl)[se]1. The van der Waals surface area contributed by atoms with Crippen LogP contribution in [0.2, 0.25) is 0 Å². The first-order chi connectivity index (χ1) is 5.69. The Morgan fingerprint density at radius 2 is 2.17 bits per heavy atom. The molecule has 12 heavy (non-hydrogen) atoms. The van der Waals surface area contributed by atoms with E-state index in [1.54, 1.807) is 6.07 Å². The fourth-order valence-corrected chi connectivity index (χ4v) is 3.50. The van der Waals surface area contributed by atoms with Gasteiger partial charge in [0.15, 0.2) is 0 Å². The van der Waals surface area contributed by atoms with E-state index < -0.39 is 5.97 Å². The Morgan fingerprint density at radius 3 is 2.50 bits per heavy atom. The standard InChI is InChI=1S/C7H6Cl2O2Se/c8-2-4-1-5(7(10)11)12-6(4)3-9/h1H,2-3H2,(H,10,11). The maximum atomic E-state index is 10.6. The third-order valence-electron chi connectivity index (χ3n) is 1.37. The molecule has 0 aliphatic carbocycles. The van der Waals surface area contributed by atoms with Crippen LogP contribution in [0.15, 0.2) is 6.07 Å². The molecule has 0 unspecified atom stereocenters. The van der Waals surface area contributed by atoms with Crippen molar-refractivity contribution >= 4 is 43.7 Å². The van der Waals surface area contributed by atoms with Crippen LogP contribution in [-0.4, -0.2) is 25.6 Å². The van der Waals surface area contributed by atoms with E-state index in [-0.39, 0.29) is 14.5 Å². The van der Waals surface area contributed by atoms with Crippen LogP contribution in [0.4, 0.5) is 0 Å². The summed E-state index contributed by atoms with van der Waals surface area (Å²) in [4.78, 5) is 10.6. The average Bonchev–Trinajstić information content (AvgIpc) is 2.46. The quantitative estimate of drug-likeness (QED) is 0.674. The molecule has 1 rings (SSSR count). The van der Waals surface area contributed by atoms with Crippen molar-refractivity contribution in [2.75, 3.05) is 0 Å². The number of aromatic carboxylic acids is 1. The summed E-state index contributed by atoms with van der Waals surface area (Å²) in [5.74, 6) is -0.131. The van der Waals surface area contributed by atoms with Crippen LogP contribution in [0.3, 0.4) is 0 Å². The van der Waals surface area contributed by atoms with Gasteiger partial charge in [0, 0.05) is 0 Å². The number of alkyl halides is 2. The molecular weight excluding hydrogens is 266 g/mol. The van der Waals surface area contributed by atoms with Gasteiger partial charge in [-0.05, 0) is 0 Å². The predicted molar refractivity (Wildman–Crippen MR) is 49.5 cm³/mol. The predicted octanol–water partition coefficient (Wildman–Crippen LogP) is 1.92. The summed E-state index contributed by atoms with van der Waals surface area (Å²) < 4.78 is 1.42. The molecule has 66 valence electrons. The molecule has 0 aromatic carbocycles. The molecular formula is C7H6Cl2O2Se. The van der Waals surface area contributed by atoms with E-state index in [4.69, 9.17) is 28.3 Å². The second-order valence-electron chi connectivity index (χ2n) is 2.13. The van der Waals surface area contributed by atoms with E-state index in [1.807, 2.05) is 0 Å². The molecule has 1 N–H and O–H groups in total. The van der Waals surface area contributed by atoms with Gasteiger partial charge in [-0.15, -0.1) is 0 Å². The van der Waals surface area contributed by atoms with Crippen molar-refractivity contribution in [2.24, 2.45) is 0 Å². The van der Waals surface area contributed by atoms with Crippen molar-refractivity contribution in [3.8, 4) is 0 Å². The van der Waals surface area contributed by atoms with E-state index in [9.17, 15) is 4.79 Å². The maximum absolute atomic E-state index is 10.6. The fraction of sp³-hybridized carbons (Fsp3) is 0.286. The number of carbonyl (C=O) groups is 1. The minimum absolute atomic E-state index is 0.127. The van der Waals surface area contributed by atoms with E-state index in [2.05, 4.69) is 0 Å². The number of carboxylic acid groups (broad SMARTS) is 1. The molecule has 5 heteroatoms. The van der Waals surface area contributed by atoms with Crippen molar-refractivity contribution in [3.05, 3.63) is 20.5 Å². The average molecular weight is 272 g/mol. The number of hydrogen-bond acceptors (Lipinski definition) is 1. The van der Waals surface area contributed by atoms with E-state index in [0.29, 0.717) is 16.2 Å². The molecule has 0 atom stereocenters. The van der Waals surface area contributed by atoms with Gasteiger partial charge in [0.1, 0.15) is 0 Å². The number of halogens is 2. The summed E-state index contributed by atoms with van der Waals surface area (Å²) in [7, 11) is 0. The molecule has 0 bridgehead atoms. The summed E-state index contributed by atoms with van der Waals surface area (Å²) in [6, 6.07) is 1.63. The Labute approximate surface area is 85.8 Å². The van der Waals surface area contributed by atoms with Crippen LogP contribution in [0.1, 0.15) is 19.2 Å². The molecule has 0 saturated heterocycles. The molecule has 1 aromatic heterocycles. The second-order valence-corrected chi connectivity index (χ2v) is 5.05. The van der Waals surface area contributed by atoms with Gasteiger partial charge in [0.05, 0.1) is 0 Å². The van der Waals surface area contributed by atoms with Crippen LogP contribution >= 0.6 is 23.2 Å². The van der Waals surface area contributed by atoms with Gasteiger partial charge in [-0.25, -0.2) is 0 Å². The second kappa shape index (κ2) is 4.33. The molecule has 1 aromatic rings. The summed E-state index contributed by atoms with van der Waals surface area (Å²) in [5.41, 5.74) is 0.879. The van der Waals surface area contributed by atoms with Crippen molar-refractivity contribution in [1.29, 1.82) is 0 Å². The van der Waals surface area contributed by atoms with E-state index >= 15 is 0 Å².